The molecule has 0 amide bonds. The maximum absolute atomic E-state index is 12.0. The van der Waals surface area contributed by atoms with Gasteiger partial charge in [0.05, 0.1) is 9.82 Å². The van der Waals surface area contributed by atoms with E-state index >= 15 is 0 Å². The van der Waals surface area contributed by atoms with Gasteiger partial charge in [-0.1, -0.05) is 29.8 Å². The molecule has 0 atom stereocenters. The third-order valence-corrected chi connectivity index (χ3v) is 3.99. The van der Waals surface area contributed by atoms with Gasteiger partial charge in [-0.05, 0) is 19.1 Å². The molecular weight excluding hydrogens is 292 g/mol. The summed E-state index contributed by atoms with van der Waals surface area (Å²) in [4.78, 5) is 10.2. The van der Waals surface area contributed by atoms with E-state index in [1.54, 1.807) is 18.2 Å². The molecule has 108 valence electrons. The molecule has 0 bridgehead atoms. The SMILES string of the molecule is Cc1ccc(S(=O)(=O)N=Cc2cccc([N+](=O)[O-])c2)cc1. The summed E-state index contributed by atoms with van der Waals surface area (Å²) in [5.74, 6) is 0. The Morgan fingerprint density at radius 1 is 1.14 bits per heavy atom. The highest BCUT2D eigenvalue weighted by atomic mass is 32.2. The van der Waals surface area contributed by atoms with Gasteiger partial charge in [-0.2, -0.15) is 12.8 Å². The number of nitro groups is 1. The third-order valence-electron chi connectivity index (χ3n) is 2.74. The molecule has 0 spiro atoms. The van der Waals surface area contributed by atoms with Crippen LogP contribution in [0, 0.1) is 17.0 Å². The van der Waals surface area contributed by atoms with Gasteiger partial charge in [0.15, 0.2) is 0 Å². The largest absolute Gasteiger partial charge is 0.282 e. The van der Waals surface area contributed by atoms with Crippen LogP contribution in [0.15, 0.2) is 57.8 Å². The normalized spacial score (nSPS) is 11.7. The molecule has 0 radical (unpaired) electrons. The lowest BCUT2D eigenvalue weighted by atomic mass is 10.2. The number of hydrogen-bond acceptors (Lipinski definition) is 4. The standard InChI is InChI=1S/C14H12N2O4S/c1-11-5-7-14(8-6-11)21(19,20)15-10-12-3-2-4-13(9-12)16(17)18/h2-10H,1H3. The lowest BCUT2D eigenvalue weighted by molar-refractivity contribution is -0.384. The molecule has 0 aromatic heterocycles. The monoisotopic (exact) mass is 304 g/mol. The molecule has 0 aliphatic heterocycles. The Bertz CT molecular complexity index is 796. The molecular formula is C14H12N2O4S. The van der Waals surface area contributed by atoms with Gasteiger partial charge < -0.3 is 0 Å². The smallest absolute Gasteiger partial charge is 0.258 e. The van der Waals surface area contributed by atoms with E-state index in [0.29, 0.717) is 5.56 Å². The van der Waals surface area contributed by atoms with E-state index in [9.17, 15) is 18.5 Å². The van der Waals surface area contributed by atoms with Crippen LogP contribution in [0.1, 0.15) is 11.1 Å². The lowest BCUT2D eigenvalue weighted by Crippen LogP contribution is -1.98. The molecule has 0 saturated heterocycles. The minimum Gasteiger partial charge on any atom is -0.258 e. The highest BCUT2D eigenvalue weighted by Gasteiger charge is 2.11. The highest BCUT2D eigenvalue weighted by Crippen LogP contribution is 2.15. The first-order valence-electron chi connectivity index (χ1n) is 6.00. The highest BCUT2D eigenvalue weighted by molar-refractivity contribution is 7.90. The second-order valence-corrected chi connectivity index (χ2v) is 6.01. The summed E-state index contributed by atoms with van der Waals surface area (Å²) in [6.07, 6.45) is 1.10. The second-order valence-electron chi connectivity index (χ2n) is 4.37. The zero-order valence-electron chi connectivity index (χ0n) is 11.1. The average molecular weight is 304 g/mol. The fraction of sp³-hybridized carbons (Fsp3) is 0.0714. The number of non-ortho nitro benzene ring substituents is 1. The van der Waals surface area contributed by atoms with Crippen molar-refractivity contribution in [2.24, 2.45) is 4.40 Å². The van der Waals surface area contributed by atoms with Crippen molar-refractivity contribution < 1.29 is 13.3 Å². The zero-order valence-corrected chi connectivity index (χ0v) is 11.9. The first-order valence-corrected chi connectivity index (χ1v) is 7.44. The van der Waals surface area contributed by atoms with Crippen LogP contribution in [0.4, 0.5) is 5.69 Å². The van der Waals surface area contributed by atoms with E-state index in [0.717, 1.165) is 11.8 Å². The van der Waals surface area contributed by atoms with Crippen LogP contribution in [-0.2, 0) is 10.0 Å². The van der Waals surface area contributed by atoms with E-state index in [-0.39, 0.29) is 10.6 Å². The summed E-state index contributed by atoms with van der Waals surface area (Å²) < 4.78 is 27.6. The van der Waals surface area contributed by atoms with Gasteiger partial charge in [-0.3, -0.25) is 10.1 Å². The van der Waals surface area contributed by atoms with Crippen LogP contribution in [0.5, 0.6) is 0 Å². The van der Waals surface area contributed by atoms with Crippen molar-refractivity contribution in [2.45, 2.75) is 11.8 Å². The van der Waals surface area contributed by atoms with Crippen molar-refractivity contribution >= 4 is 21.9 Å². The molecule has 2 aromatic carbocycles. The molecule has 0 fully saturated rings. The third kappa shape index (κ3) is 3.73. The summed E-state index contributed by atoms with van der Waals surface area (Å²) in [6.45, 7) is 1.85. The second kappa shape index (κ2) is 5.84. The number of aryl methyl sites for hydroxylation is 1. The zero-order chi connectivity index (χ0) is 15.5. The summed E-state index contributed by atoms with van der Waals surface area (Å²) in [6, 6.07) is 11.9. The Balaban J connectivity index is 2.29. The van der Waals surface area contributed by atoms with Gasteiger partial charge >= 0.3 is 0 Å². The molecule has 2 aromatic rings. The van der Waals surface area contributed by atoms with Crippen molar-refractivity contribution in [3.8, 4) is 0 Å². The molecule has 2 rings (SSSR count). The fourth-order valence-electron chi connectivity index (χ4n) is 1.62. The van der Waals surface area contributed by atoms with Crippen molar-refractivity contribution in [3.63, 3.8) is 0 Å². The predicted molar refractivity (Wildman–Crippen MR) is 79.1 cm³/mol. The number of nitrogens with zero attached hydrogens (tertiary/aromatic N) is 2. The van der Waals surface area contributed by atoms with E-state index < -0.39 is 14.9 Å². The number of hydrogen-bond donors (Lipinski definition) is 0. The predicted octanol–water partition coefficient (Wildman–Crippen LogP) is 2.71. The van der Waals surface area contributed by atoms with E-state index in [2.05, 4.69) is 4.40 Å². The van der Waals surface area contributed by atoms with Gasteiger partial charge in [0.1, 0.15) is 0 Å². The van der Waals surface area contributed by atoms with Crippen LogP contribution >= 0.6 is 0 Å². The van der Waals surface area contributed by atoms with E-state index in [1.165, 1.54) is 30.3 Å². The topological polar surface area (TPSA) is 89.6 Å². The quantitative estimate of drug-likeness (QED) is 0.493. The number of nitro benzene ring substituents is 1. The Morgan fingerprint density at radius 3 is 2.43 bits per heavy atom. The number of rotatable bonds is 4. The van der Waals surface area contributed by atoms with Gasteiger partial charge in [0.2, 0.25) is 0 Å². The molecule has 0 saturated carbocycles. The lowest BCUT2D eigenvalue weighted by Gasteiger charge is -1.99. The average Bonchev–Trinajstić information content (AvgIpc) is 2.46. The summed E-state index contributed by atoms with van der Waals surface area (Å²) >= 11 is 0. The van der Waals surface area contributed by atoms with Gasteiger partial charge in [0, 0.05) is 23.9 Å². The van der Waals surface area contributed by atoms with Crippen LogP contribution in [0.3, 0.4) is 0 Å². The molecule has 0 N–H and O–H groups in total. The van der Waals surface area contributed by atoms with Crippen LogP contribution in [-0.4, -0.2) is 19.6 Å². The molecule has 0 aliphatic rings. The summed E-state index contributed by atoms with van der Waals surface area (Å²) in [7, 11) is -3.81. The summed E-state index contributed by atoms with van der Waals surface area (Å²) in [5, 5.41) is 10.7. The van der Waals surface area contributed by atoms with Gasteiger partial charge in [-0.15, -0.1) is 0 Å². The molecule has 0 heterocycles. The molecule has 7 heteroatoms. The molecule has 6 nitrogen and oxygen atoms in total. The Kier molecular flexibility index (Phi) is 4.13. The minimum absolute atomic E-state index is 0.0785. The minimum atomic E-state index is -3.81. The maximum Gasteiger partial charge on any atom is 0.282 e. The summed E-state index contributed by atoms with van der Waals surface area (Å²) in [5.41, 5.74) is 1.17. The van der Waals surface area contributed by atoms with Crippen molar-refractivity contribution in [1.82, 2.24) is 0 Å². The van der Waals surface area contributed by atoms with E-state index in [4.69, 9.17) is 0 Å². The van der Waals surface area contributed by atoms with Crippen molar-refractivity contribution in [1.29, 1.82) is 0 Å². The Labute approximate surface area is 122 Å². The first kappa shape index (κ1) is 14.9. The molecule has 0 unspecified atom stereocenters. The Morgan fingerprint density at radius 2 is 1.81 bits per heavy atom. The molecule has 21 heavy (non-hydrogen) atoms. The van der Waals surface area contributed by atoms with Crippen LogP contribution < -0.4 is 0 Å². The van der Waals surface area contributed by atoms with Crippen molar-refractivity contribution in [2.75, 3.05) is 0 Å². The van der Waals surface area contributed by atoms with Crippen LogP contribution in [0.2, 0.25) is 0 Å². The first-order chi connectivity index (χ1) is 9.88. The van der Waals surface area contributed by atoms with Gasteiger partial charge in [0.25, 0.3) is 15.7 Å². The van der Waals surface area contributed by atoms with Crippen molar-refractivity contribution in [3.05, 3.63) is 69.8 Å². The van der Waals surface area contributed by atoms with Crippen LogP contribution in [0.25, 0.3) is 0 Å². The molecule has 0 aliphatic carbocycles. The Hall–Kier alpha value is -2.54. The maximum atomic E-state index is 12.0. The van der Waals surface area contributed by atoms with Gasteiger partial charge in [-0.25, -0.2) is 0 Å². The van der Waals surface area contributed by atoms with E-state index in [1.807, 2.05) is 6.92 Å². The number of sulfonamides is 1. The fourth-order valence-corrected chi connectivity index (χ4v) is 2.48. The number of benzene rings is 2.